The maximum absolute atomic E-state index is 11.0. The van der Waals surface area contributed by atoms with Crippen molar-refractivity contribution in [2.24, 2.45) is 10.7 Å². The van der Waals surface area contributed by atoms with E-state index in [-0.39, 0.29) is 5.91 Å². The molecule has 0 saturated carbocycles. The highest BCUT2D eigenvalue weighted by Gasteiger charge is 2.20. The lowest BCUT2D eigenvalue weighted by molar-refractivity contribution is -0.119. The number of rotatable bonds is 9. The Hall–Kier alpha value is -2.48. The van der Waals surface area contributed by atoms with E-state index in [1.165, 1.54) is 0 Å². The molecule has 1 fully saturated rings. The van der Waals surface area contributed by atoms with Gasteiger partial charge in [0, 0.05) is 38.8 Å². The standard InChI is InChI=1S/C19H31N5O3/c1-21-19(23-15-7-10-24(11-8-15)14-18(20)25)22-9-4-12-27-17-6-3-5-16(13-17)26-2/h3,5-6,13,15H,4,7-12,14H2,1-2H3,(H2,20,25)(H2,21,22,23). The smallest absolute Gasteiger partial charge is 0.231 e. The highest BCUT2D eigenvalue weighted by molar-refractivity contribution is 5.80. The summed E-state index contributed by atoms with van der Waals surface area (Å²) in [7, 11) is 3.41. The molecule has 1 heterocycles. The Morgan fingerprint density at radius 2 is 2.07 bits per heavy atom. The number of methoxy groups -OCH3 is 1. The predicted molar refractivity (Wildman–Crippen MR) is 106 cm³/mol. The minimum Gasteiger partial charge on any atom is -0.497 e. The van der Waals surface area contributed by atoms with E-state index in [1.807, 2.05) is 24.3 Å². The molecule has 150 valence electrons. The van der Waals surface area contributed by atoms with E-state index >= 15 is 0 Å². The van der Waals surface area contributed by atoms with Crippen LogP contribution in [0.1, 0.15) is 19.3 Å². The Morgan fingerprint density at radius 1 is 1.33 bits per heavy atom. The van der Waals surface area contributed by atoms with Gasteiger partial charge in [-0.2, -0.15) is 0 Å². The largest absolute Gasteiger partial charge is 0.497 e. The van der Waals surface area contributed by atoms with Gasteiger partial charge in [-0.25, -0.2) is 0 Å². The van der Waals surface area contributed by atoms with Crippen LogP contribution in [0.3, 0.4) is 0 Å². The van der Waals surface area contributed by atoms with E-state index in [0.717, 1.165) is 56.4 Å². The Kier molecular flexibility index (Phi) is 8.70. The number of nitrogens with zero attached hydrogens (tertiary/aromatic N) is 2. The molecule has 2 rings (SSSR count). The van der Waals surface area contributed by atoms with Crippen LogP contribution in [-0.2, 0) is 4.79 Å². The number of carbonyl (C=O) groups excluding carboxylic acids is 1. The number of aliphatic imine (C=N–C) groups is 1. The van der Waals surface area contributed by atoms with Crippen molar-refractivity contribution in [2.75, 3.05) is 46.9 Å². The summed E-state index contributed by atoms with van der Waals surface area (Å²) in [5.74, 6) is 2.12. The second-order valence-electron chi connectivity index (χ2n) is 6.54. The summed E-state index contributed by atoms with van der Waals surface area (Å²) < 4.78 is 10.9. The summed E-state index contributed by atoms with van der Waals surface area (Å²) in [5.41, 5.74) is 5.25. The Morgan fingerprint density at radius 3 is 2.74 bits per heavy atom. The first-order valence-electron chi connectivity index (χ1n) is 9.35. The van der Waals surface area contributed by atoms with Crippen LogP contribution in [0.2, 0.25) is 0 Å². The Bertz CT molecular complexity index is 615. The zero-order valence-electron chi connectivity index (χ0n) is 16.2. The first-order chi connectivity index (χ1) is 13.1. The van der Waals surface area contributed by atoms with E-state index in [9.17, 15) is 4.79 Å². The van der Waals surface area contributed by atoms with Gasteiger partial charge in [0.05, 0.1) is 20.3 Å². The van der Waals surface area contributed by atoms with E-state index in [1.54, 1.807) is 14.2 Å². The Balaban J connectivity index is 1.61. The number of nitrogens with one attached hydrogen (secondary N) is 2. The number of carbonyl (C=O) groups is 1. The molecule has 0 spiro atoms. The number of nitrogens with two attached hydrogens (primary N) is 1. The van der Waals surface area contributed by atoms with E-state index < -0.39 is 0 Å². The predicted octanol–water partition coefficient (Wildman–Crippen LogP) is 0.579. The maximum atomic E-state index is 11.0. The quantitative estimate of drug-likeness (QED) is 0.331. The number of ether oxygens (including phenoxy) is 2. The molecule has 8 nitrogen and oxygen atoms in total. The van der Waals surface area contributed by atoms with Crippen molar-refractivity contribution in [3.63, 3.8) is 0 Å². The highest BCUT2D eigenvalue weighted by Crippen LogP contribution is 2.18. The highest BCUT2D eigenvalue weighted by atomic mass is 16.5. The Labute approximate surface area is 161 Å². The molecule has 0 atom stereocenters. The van der Waals surface area contributed by atoms with Gasteiger partial charge in [0.2, 0.25) is 5.91 Å². The third kappa shape index (κ3) is 7.74. The zero-order valence-corrected chi connectivity index (χ0v) is 16.2. The number of amides is 1. The van der Waals surface area contributed by atoms with Gasteiger partial charge in [-0.1, -0.05) is 6.07 Å². The van der Waals surface area contributed by atoms with E-state index in [4.69, 9.17) is 15.2 Å². The van der Waals surface area contributed by atoms with Gasteiger partial charge in [0.25, 0.3) is 0 Å². The summed E-state index contributed by atoms with van der Waals surface area (Å²) >= 11 is 0. The molecule has 1 aromatic rings. The third-order valence-corrected chi connectivity index (χ3v) is 4.45. The van der Waals surface area contributed by atoms with Crippen LogP contribution in [0.5, 0.6) is 11.5 Å². The molecule has 8 heteroatoms. The second-order valence-corrected chi connectivity index (χ2v) is 6.54. The topological polar surface area (TPSA) is 101 Å². The van der Waals surface area contributed by atoms with Gasteiger partial charge in [-0.3, -0.25) is 14.7 Å². The lowest BCUT2D eigenvalue weighted by atomic mass is 10.1. The minimum atomic E-state index is -0.268. The van der Waals surface area contributed by atoms with Crippen LogP contribution >= 0.6 is 0 Å². The summed E-state index contributed by atoms with van der Waals surface area (Å²) in [6.07, 6.45) is 2.79. The lowest BCUT2D eigenvalue weighted by Crippen LogP contribution is -2.50. The molecule has 27 heavy (non-hydrogen) atoms. The molecular formula is C19H31N5O3. The van der Waals surface area contributed by atoms with Crippen LogP contribution in [-0.4, -0.2) is 69.8 Å². The van der Waals surface area contributed by atoms with Crippen molar-refractivity contribution in [2.45, 2.75) is 25.3 Å². The average molecular weight is 377 g/mol. The molecule has 1 aromatic carbocycles. The second kappa shape index (κ2) is 11.3. The number of likely N-dealkylation sites (tertiary alicyclic amines) is 1. The van der Waals surface area contributed by atoms with Gasteiger partial charge in [0.1, 0.15) is 11.5 Å². The maximum Gasteiger partial charge on any atom is 0.231 e. The van der Waals surface area contributed by atoms with Gasteiger partial charge in [-0.15, -0.1) is 0 Å². The van der Waals surface area contributed by atoms with Gasteiger partial charge in [0.15, 0.2) is 5.96 Å². The fourth-order valence-electron chi connectivity index (χ4n) is 3.00. The van der Waals surface area contributed by atoms with Crippen molar-refractivity contribution in [1.29, 1.82) is 0 Å². The van der Waals surface area contributed by atoms with Crippen molar-refractivity contribution in [3.8, 4) is 11.5 Å². The van der Waals surface area contributed by atoms with Gasteiger partial charge < -0.3 is 25.8 Å². The minimum absolute atomic E-state index is 0.268. The SMILES string of the molecule is CN=C(NCCCOc1cccc(OC)c1)NC1CCN(CC(N)=O)CC1. The van der Waals surface area contributed by atoms with Gasteiger partial charge >= 0.3 is 0 Å². The summed E-state index contributed by atoms with van der Waals surface area (Å²) in [6, 6.07) is 7.95. The molecule has 4 N–H and O–H groups in total. The number of guanidine groups is 1. The third-order valence-electron chi connectivity index (χ3n) is 4.45. The molecule has 0 radical (unpaired) electrons. The number of hydrogen-bond acceptors (Lipinski definition) is 5. The number of hydrogen-bond donors (Lipinski definition) is 3. The van der Waals surface area contributed by atoms with Crippen molar-refractivity contribution in [1.82, 2.24) is 15.5 Å². The molecule has 0 aliphatic carbocycles. The van der Waals surface area contributed by atoms with Crippen molar-refractivity contribution < 1.29 is 14.3 Å². The molecule has 0 unspecified atom stereocenters. The molecular weight excluding hydrogens is 346 g/mol. The zero-order chi connectivity index (χ0) is 19.5. The first-order valence-corrected chi connectivity index (χ1v) is 9.35. The normalized spacial score (nSPS) is 16.0. The number of benzene rings is 1. The molecule has 1 aliphatic rings. The van der Waals surface area contributed by atoms with E-state index in [2.05, 4.69) is 20.5 Å². The molecule has 1 amide bonds. The van der Waals surface area contributed by atoms with Crippen molar-refractivity contribution in [3.05, 3.63) is 24.3 Å². The number of primary amides is 1. The molecule has 0 bridgehead atoms. The fraction of sp³-hybridized carbons (Fsp3) is 0.579. The van der Waals surface area contributed by atoms with Crippen LogP contribution < -0.4 is 25.8 Å². The summed E-state index contributed by atoms with van der Waals surface area (Å²) in [4.78, 5) is 17.4. The van der Waals surface area contributed by atoms with Gasteiger partial charge in [-0.05, 0) is 31.4 Å². The monoisotopic (exact) mass is 377 g/mol. The summed E-state index contributed by atoms with van der Waals surface area (Å²) in [6.45, 7) is 3.46. The lowest BCUT2D eigenvalue weighted by Gasteiger charge is -2.32. The van der Waals surface area contributed by atoms with Crippen LogP contribution in [0.15, 0.2) is 29.3 Å². The summed E-state index contributed by atoms with van der Waals surface area (Å²) in [5, 5.41) is 6.76. The van der Waals surface area contributed by atoms with Crippen molar-refractivity contribution >= 4 is 11.9 Å². The van der Waals surface area contributed by atoms with Crippen LogP contribution in [0.25, 0.3) is 0 Å². The van der Waals surface area contributed by atoms with Crippen LogP contribution in [0, 0.1) is 0 Å². The molecule has 1 aliphatic heterocycles. The average Bonchev–Trinajstić information content (AvgIpc) is 2.68. The van der Waals surface area contributed by atoms with Crippen LogP contribution in [0.4, 0.5) is 0 Å². The molecule has 1 saturated heterocycles. The molecule has 0 aromatic heterocycles. The first kappa shape index (κ1) is 20.8. The fourth-order valence-corrected chi connectivity index (χ4v) is 3.00. The van der Waals surface area contributed by atoms with E-state index in [0.29, 0.717) is 19.2 Å². The number of piperidine rings is 1.